The molecule has 5 nitrogen and oxygen atoms in total. The van der Waals surface area contributed by atoms with Gasteiger partial charge in [-0.1, -0.05) is 30.3 Å². The van der Waals surface area contributed by atoms with E-state index in [0.717, 1.165) is 50.3 Å². The number of amides is 1. The maximum absolute atomic E-state index is 12.8. The van der Waals surface area contributed by atoms with Crippen LogP contribution in [0.5, 0.6) is 0 Å². The lowest BCUT2D eigenvalue weighted by Crippen LogP contribution is -2.64. The van der Waals surface area contributed by atoms with Gasteiger partial charge >= 0.3 is 12.3 Å². The van der Waals surface area contributed by atoms with Crippen molar-refractivity contribution in [3.63, 3.8) is 0 Å². The molecule has 0 bridgehead atoms. The number of hydrogen-bond acceptors (Lipinski definition) is 4. The van der Waals surface area contributed by atoms with Crippen molar-refractivity contribution in [2.45, 2.75) is 44.6 Å². The highest BCUT2D eigenvalue weighted by Crippen LogP contribution is 2.50. The monoisotopic (exact) mass is 473 g/mol. The fourth-order valence-corrected chi connectivity index (χ4v) is 5.64. The van der Waals surface area contributed by atoms with Crippen LogP contribution in [0.15, 0.2) is 54.6 Å². The number of likely N-dealkylation sites (tertiary alicyclic amines) is 1. The van der Waals surface area contributed by atoms with Crippen LogP contribution in [0.3, 0.4) is 0 Å². The molecule has 0 radical (unpaired) electrons. The van der Waals surface area contributed by atoms with Crippen molar-refractivity contribution >= 4 is 11.8 Å². The number of ether oxygens (including phenoxy) is 1. The zero-order valence-corrected chi connectivity index (χ0v) is 19.3. The van der Waals surface area contributed by atoms with Crippen LogP contribution in [0.4, 0.5) is 23.7 Å². The van der Waals surface area contributed by atoms with Gasteiger partial charge in [0.05, 0.1) is 5.56 Å². The molecule has 0 N–H and O–H groups in total. The van der Waals surface area contributed by atoms with Crippen LogP contribution in [0.1, 0.15) is 30.9 Å². The predicted octanol–water partition coefficient (Wildman–Crippen LogP) is 5.02. The minimum absolute atomic E-state index is 0.0217. The van der Waals surface area contributed by atoms with Crippen LogP contribution >= 0.6 is 0 Å². The van der Waals surface area contributed by atoms with Crippen LogP contribution in [0.25, 0.3) is 0 Å². The summed E-state index contributed by atoms with van der Waals surface area (Å²) in [4.78, 5) is 19.0. The van der Waals surface area contributed by atoms with Gasteiger partial charge in [0.25, 0.3) is 0 Å². The number of anilines is 1. The van der Waals surface area contributed by atoms with E-state index in [1.165, 1.54) is 17.7 Å². The normalized spacial score (nSPS) is 22.9. The van der Waals surface area contributed by atoms with E-state index in [4.69, 9.17) is 4.74 Å². The molecule has 1 saturated carbocycles. The van der Waals surface area contributed by atoms with Crippen LogP contribution < -0.4 is 4.90 Å². The SMILES string of the molecule is C[C@@H]1CN(c2ccc(C(F)(F)F)cc2)CCN1C(=O)OC1CC2(C1)CN(Cc1ccccc1)C2. The third-order valence-electron chi connectivity index (χ3n) is 7.38. The molecule has 3 fully saturated rings. The van der Waals surface area contributed by atoms with E-state index in [9.17, 15) is 18.0 Å². The second kappa shape index (κ2) is 8.80. The van der Waals surface area contributed by atoms with Gasteiger partial charge in [-0.2, -0.15) is 13.2 Å². The van der Waals surface area contributed by atoms with Crippen LogP contribution in [-0.2, 0) is 17.5 Å². The molecule has 0 unspecified atom stereocenters. The van der Waals surface area contributed by atoms with E-state index in [2.05, 4.69) is 29.2 Å². The van der Waals surface area contributed by atoms with Gasteiger partial charge < -0.3 is 14.5 Å². The molecule has 1 atom stereocenters. The lowest BCUT2D eigenvalue weighted by molar-refractivity contribution is -0.137. The van der Waals surface area contributed by atoms with E-state index in [-0.39, 0.29) is 18.2 Å². The number of nitrogens with zero attached hydrogens (tertiary/aromatic N) is 3. The zero-order chi connectivity index (χ0) is 23.9. The van der Waals surface area contributed by atoms with Crippen molar-refractivity contribution < 1.29 is 22.7 Å². The lowest BCUT2D eigenvalue weighted by atomic mass is 9.61. The van der Waals surface area contributed by atoms with Crippen LogP contribution in [0, 0.1) is 5.41 Å². The van der Waals surface area contributed by atoms with Gasteiger partial charge in [0, 0.05) is 56.4 Å². The van der Waals surface area contributed by atoms with Crippen LogP contribution in [0.2, 0.25) is 0 Å². The molecule has 2 aromatic carbocycles. The number of hydrogen-bond donors (Lipinski definition) is 0. The van der Waals surface area contributed by atoms with Gasteiger partial charge in [0.2, 0.25) is 0 Å². The highest BCUT2D eigenvalue weighted by molar-refractivity contribution is 5.69. The van der Waals surface area contributed by atoms with Gasteiger partial charge in [-0.25, -0.2) is 4.79 Å². The van der Waals surface area contributed by atoms with Crippen molar-refractivity contribution in [3.8, 4) is 0 Å². The average Bonchev–Trinajstić information content (AvgIpc) is 2.76. The summed E-state index contributed by atoms with van der Waals surface area (Å²) in [7, 11) is 0. The molecule has 8 heteroatoms. The largest absolute Gasteiger partial charge is 0.446 e. The minimum atomic E-state index is -4.34. The zero-order valence-electron chi connectivity index (χ0n) is 19.3. The summed E-state index contributed by atoms with van der Waals surface area (Å²) in [5.41, 5.74) is 1.70. The molecule has 1 aliphatic carbocycles. The Morgan fingerprint density at radius 1 is 1.03 bits per heavy atom. The average molecular weight is 474 g/mol. The van der Waals surface area contributed by atoms with Crippen LogP contribution in [-0.4, -0.2) is 60.8 Å². The molecule has 34 heavy (non-hydrogen) atoms. The first-order valence-electron chi connectivity index (χ1n) is 11.9. The lowest BCUT2D eigenvalue weighted by Gasteiger charge is -2.58. The first kappa shape index (κ1) is 23.0. The molecule has 2 heterocycles. The van der Waals surface area contributed by atoms with Crippen molar-refractivity contribution in [1.29, 1.82) is 0 Å². The summed E-state index contributed by atoms with van der Waals surface area (Å²) in [6, 6.07) is 15.6. The van der Waals surface area contributed by atoms with E-state index in [1.807, 2.05) is 17.9 Å². The van der Waals surface area contributed by atoms with Gasteiger partial charge in [-0.15, -0.1) is 0 Å². The summed E-state index contributed by atoms with van der Waals surface area (Å²) in [5.74, 6) is 0. The minimum Gasteiger partial charge on any atom is -0.446 e. The number of carbonyl (C=O) groups excluding carboxylic acids is 1. The molecule has 1 spiro atoms. The Kier molecular flexibility index (Phi) is 5.96. The Labute approximate surface area is 198 Å². The first-order valence-corrected chi connectivity index (χ1v) is 11.9. The molecular formula is C26H30F3N3O2. The Morgan fingerprint density at radius 2 is 1.71 bits per heavy atom. The van der Waals surface area contributed by atoms with Crippen molar-refractivity contribution in [1.82, 2.24) is 9.80 Å². The van der Waals surface area contributed by atoms with Gasteiger partial charge in [0.1, 0.15) is 6.10 Å². The fourth-order valence-electron chi connectivity index (χ4n) is 5.64. The molecule has 2 aliphatic heterocycles. The number of piperazine rings is 1. The molecule has 182 valence electrons. The second-order valence-electron chi connectivity index (χ2n) is 10.1. The highest BCUT2D eigenvalue weighted by Gasteiger charge is 2.53. The summed E-state index contributed by atoms with van der Waals surface area (Å²) in [6.45, 7) is 6.64. The van der Waals surface area contributed by atoms with Crippen molar-refractivity contribution in [3.05, 3.63) is 65.7 Å². The molecule has 2 aromatic rings. The number of halogens is 3. The quantitative estimate of drug-likeness (QED) is 0.625. The summed E-state index contributed by atoms with van der Waals surface area (Å²) >= 11 is 0. The van der Waals surface area contributed by atoms with Crippen molar-refractivity contribution in [2.75, 3.05) is 37.6 Å². The summed E-state index contributed by atoms with van der Waals surface area (Å²) in [6.07, 6.45) is -2.80. The Balaban J connectivity index is 1.06. The number of rotatable bonds is 4. The second-order valence-corrected chi connectivity index (χ2v) is 10.1. The maximum Gasteiger partial charge on any atom is 0.416 e. The third kappa shape index (κ3) is 4.73. The molecule has 5 rings (SSSR count). The van der Waals surface area contributed by atoms with E-state index >= 15 is 0 Å². The van der Waals surface area contributed by atoms with E-state index in [1.54, 1.807) is 4.90 Å². The fraction of sp³-hybridized carbons (Fsp3) is 0.500. The molecule has 3 aliphatic rings. The standard InChI is InChI=1S/C26H30F3N3O2/c1-19-15-31(22-9-7-21(8-10-22)26(27,28)29)11-12-32(19)24(33)34-23-13-25(14-23)17-30(18-25)16-20-5-3-2-4-6-20/h2-10,19,23H,11-18H2,1H3/t19-/m1/s1. The van der Waals surface area contributed by atoms with Crippen molar-refractivity contribution in [2.24, 2.45) is 5.41 Å². The molecular weight excluding hydrogens is 443 g/mol. The topological polar surface area (TPSA) is 36.0 Å². The predicted molar refractivity (Wildman–Crippen MR) is 123 cm³/mol. The Hall–Kier alpha value is -2.74. The van der Waals surface area contributed by atoms with Gasteiger partial charge in [-0.05, 0) is 49.6 Å². The highest BCUT2D eigenvalue weighted by atomic mass is 19.4. The molecule has 2 saturated heterocycles. The molecule has 1 amide bonds. The smallest absolute Gasteiger partial charge is 0.416 e. The van der Waals surface area contributed by atoms with E-state index in [0.29, 0.717) is 25.0 Å². The third-order valence-corrected chi connectivity index (χ3v) is 7.38. The van der Waals surface area contributed by atoms with Gasteiger partial charge in [0.15, 0.2) is 0 Å². The van der Waals surface area contributed by atoms with E-state index < -0.39 is 11.7 Å². The number of benzene rings is 2. The Morgan fingerprint density at radius 3 is 2.32 bits per heavy atom. The number of carbonyl (C=O) groups is 1. The van der Waals surface area contributed by atoms with Gasteiger partial charge in [-0.3, -0.25) is 4.90 Å². The maximum atomic E-state index is 12.8. The Bertz CT molecular complexity index is 998. The number of alkyl halides is 3. The summed E-state index contributed by atoms with van der Waals surface area (Å²) < 4.78 is 44.2. The first-order chi connectivity index (χ1) is 16.2. The summed E-state index contributed by atoms with van der Waals surface area (Å²) in [5, 5.41) is 0. The molecule has 0 aromatic heterocycles.